The summed E-state index contributed by atoms with van der Waals surface area (Å²) in [6, 6.07) is 0. The summed E-state index contributed by atoms with van der Waals surface area (Å²) in [5.74, 6) is 0.217. The fraction of sp³-hybridized carbons (Fsp3) is 0.545. The van der Waals surface area contributed by atoms with Crippen LogP contribution in [0, 0.1) is 0 Å². The van der Waals surface area contributed by atoms with E-state index in [1.54, 1.807) is 13.0 Å². The maximum atomic E-state index is 10.9. The van der Waals surface area contributed by atoms with E-state index in [1.165, 1.54) is 6.08 Å². The first-order valence-corrected chi connectivity index (χ1v) is 4.54. The molecule has 0 aromatic carbocycles. The second-order valence-corrected chi connectivity index (χ2v) is 3.33. The van der Waals surface area contributed by atoms with E-state index in [0.29, 0.717) is 19.3 Å². The monoisotopic (exact) mass is 182 g/mol. The molecule has 0 aliphatic heterocycles. The minimum Gasteiger partial charge on any atom is -0.386 e. The maximum Gasteiger partial charge on any atom is 0.136 e. The first-order chi connectivity index (χ1) is 6.02. The second kappa shape index (κ2) is 5.70. The Balaban J connectivity index is 3.76. The molecule has 0 aromatic heterocycles. The molecule has 1 unspecified atom stereocenters. The highest BCUT2D eigenvalue weighted by Crippen LogP contribution is 2.10. The van der Waals surface area contributed by atoms with E-state index in [4.69, 9.17) is 0 Å². The van der Waals surface area contributed by atoms with E-state index in [-0.39, 0.29) is 5.78 Å². The Morgan fingerprint density at radius 3 is 2.62 bits per heavy atom. The van der Waals surface area contributed by atoms with Crippen LogP contribution in [0.2, 0.25) is 0 Å². The molecule has 0 heterocycles. The number of carbonyl (C=O) groups is 1. The number of ketones is 1. The van der Waals surface area contributed by atoms with Gasteiger partial charge in [0.25, 0.3) is 0 Å². The van der Waals surface area contributed by atoms with Gasteiger partial charge in [0, 0.05) is 12.8 Å². The Hall–Kier alpha value is -0.890. The van der Waals surface area contributed by atoms with Gasteiger partial charge in [-0.2, -0.15) is 0 Å². The van der Waals surface area contributed by atoms with Gasteiger partial charge in [-0.05, 0) is 13.3 Å². The molecule has 0 bridgehead atoms. The van der Waals surface area contributed by atoms with E-state index in [1.807, 2.05) is 13.0 Å². The van der Waals surface area contributed by atoms with Crippen LogP contribution in [0.15, 0.2) is 24.8 Å². The quantitative estimate of drug-likeness (QED) is 0.640. The van der Waals surface area contributed by atoms with E-state index in [2.05, 4.69) is 6.58 Å². The molecule has 2 nitrogen and oxygen atoms in total. The Morgan fingerprint density at radius 1 is 1.54 bits per heavy atom. The molecule has 0 aliphatic carbocycles. The average molecular weight is 182 g/mol. The molecule has 0 spiro atoms. The molecule has 0 saturated carbocycles. The van der Waals surface area contributed by atoms with Gasteiger partial charge in [0.2, 0.25) is 0 Å². The van der Waals surface area contributed by atoms with Crippen LogP contribution in [-0.2, 0) is 4.79 Å². The predicted molar refractivity (Wildman–Crippen MR) is 54.5 cm³/mol. The van der Waals surface area contributed by atoms with E-state index in [9.17, 15) is 9.90 Å². The van der Waals surface area contributed by atoms with Crippen molar-refractivity contribution in [2.75, 3.05) is 0 Å². The molecule has 0 radical (unpaired) electrons. The van der Waals surface area contributed by atoms with Gasteiger partial charge in [-0.1, -0.05) is 25.2 Å². The van der Waals surface area contributed by atoms with Crippen molar-refractivity contribution < 1.29 is 9.90 Å². The van der Waals surface area contributed by atoms with Gasteiger partial charge in [-0.3, -0.25) is 4.79 Å². The van der Waals surface area contributed by atoms with Crippen LogP contribution in [0.5, 0.6) is 0 Å². The fourth-order valence-electron chi connectivity index (χ4n) is 0.764. The molecule has 74 valence electrons. The first kappa shape index (κ1) is 12.1. The van der Waals surface area contributed by atoms with Crippen LogP contribution >= 0.6 is 0 Å². The summed E-state index contributed by atoms with van der Waals surface area (Å²) in [6.07, 6.45) is 6.65. The molecule has 1 atom stereocenters. The highest BCUT2D eigenvalue weighted by Gasteiger charge is 2.11. The van der Waals surface area contributed by atoms with Gasteiger partial charge in [-0.15, -0.1) is 6.58 Å². The van der Waals surface area contributed by atoms with Crippen molar-refractivity contribution in [3.05, 3.63) is 24.8 Å². The first-order valence-electron chi connectivity index (χ1n) is 4.54. The fourth-order valence-corrected chi connectivity index (χ4v) is 0.764. The van der Waals surface area contributed by atoms with Gasteiger partial charge in [0.15, 0.2) is 0 Å². The van der Waals surface area contributed by atoms with Crippen molar-refractivity contribution in [2.24, 2.45) is 0 Å². The lowest BCUT2D eigenvalue weighted by atomic mass is 10.0. The topological polar surface area (TPSA) is 37.3 Å². The molecule has 0 fully saturated rings. The van der Waals surface area contributed by atoms with Gasteiger partial charge >= 0.3 is 0 Å². The van der Waals surface area contributed by atoms with E-state index >= 15 is 0 Å². The Labute approximate surface area is 80.0 Å². The summed E-state index contributed by atoms with van der Waals surface area (Å²) in [4.78, 5) is 10.9. The Kier molecular flexibility index (Phi) is 5.31. The smallest absolute Gasteiger partial charge is 0.136 e. The predicted octanol–water partition coefficient (Wildman–Crippen LogP) is 2.24. The SMILES string of the molecule is C=CC(C)(O)C/C=C\CC(=O)CC. The summed E-state index contributed by atoms with van der Waals surface area (Å²) in [5, 5.41) is 9.49. The molecule has 2 heteroatoms. The lowest BCUT2D eigenvalue weighted by Crippen LogP contribution is -2.18. The van der Waals surface area contributed by atoms with Gasteiger partial charge in [0.05, 0.1) is 5.60 Å². The number of rotatable bonds is 6. The van der Waals surface area contributed by atoms with Crippen LogP contribution in [0.1, 0.15) is 33.1 Å². The molecular formula is C11H18O2. The van der Waals surface area contributed by atoms with Crippen molar-refractivity contribution in [1.29, 1.82) is 0 Å². The van der Waals surface area contributed by atoms with Crippen LogP contribution in [-0.4, -0.2) is 16.5 Å². The molecule has 13 heavy (non-hydrogen) atoms. The van der Waals surface area contributed by atoms with Gasteiger partial charge in [-0.25, -0.2) is 0 Å². The van der Waals surface area contributed by atoms with Crippen LogP contribution < -0.4 is 0 Å². The summed E-state index contributed by atoms with van der Waals surface area (Å²) in [6.45, 7) is 7.04. The highest BCUT2D eigenvalue weighted by atomic mass is 16.3. The number of aliphatic hydroxyl groups is 1. The summed E-state index contributed by atoms with van der Waals surface area (Å²) >= 11 is 0. The van der Waals surface area contributed by atoms with Gasteiger partial charge in [0.1, 0.15) is 5.78 Å². The average Bonchev–Trinajstić information content (AvgIpc) is 2.12. The van der Waals surface area contributed by atoms with Crippen molar-refractivity contribution >= 4 is 5.78 Å². The number of hydrogen-bond donors (Lipinski definition) is 1. The van der Waals surface area contributed by atoms with Crippen LogP contribution in [0.4, 0.5) is 0 Å². The lowest BCUT2D eigenvalue weighted by molar-refractivity contribution is -0.117. The van der Waals surface area contributed by atoms with Crippen molar-refractivity contribution in [2.45, 2.75) is 38.7 Å². The normalized spacial score (nSPS) is 15.6. The number of hydrogen-bond acceptors (Lipinski definition) is 2. The summed E-state index contributed by atoms with van der Waals surface area (Å²) < 4.78 is 0. The zero-order valence-corrected chi connectivity index (χ0v) is 8.42. The number of allylic oxidation sites excluding steroid dienone is 1. The standard InChI is InChI=1S/C11H18O2/c1-4-10(12)8-6-7-9-11(3,13)5-2/h5-7,13H,2,4,8-9H2,1,3H3/b7-6-. The summed E-state index contributed by atoms with van der Waals surface area (Å²) in [7, 11) is 0. The zero-order valence-electron chi connectivity index (χ0n) is 8.42. The van der Waals surface area contributed by atoms with Gasteiger partial charge < -0.3 is 5.11 Å². The zero-order chi connectivity index (χ0) is 10.3. The third kappa shape index (κ3) is 6.29. The van der Waals surface area contributed by atoms with E-state index in [0.717, 1.165) is 0 Å². The minimum absolute atomic E-state index is 0.217. The van der Waals surface area contributed by atoms with Crippen molar-refractivity contribution in [1.82, 2.24) is 0 Å². The lowest BCUT2D eigenvalue weighted by Gasteiger charge is -2.14. The molecular weight excluding hydrogens is 164 g/mol. The molecule has 0 saturated heterocycles. The summed E-state index contributed by atoms with van der Waals surface area (Å²) in [5.41, 5.74) is -0.855. The molecule has 1 N–H and O–H groups in total. The Bertz CT molecular complexity index is 202. The molecule has 0 rings (SSSR count). The van der Waals surface area contributed by atoms with Crippen LogP contribution in [0.3, 0.4) is 0 Å². The number of Topliss-reactive ketones (excluding diaryl/α,β-unsaturated/α-hetero) is 1. The third-order valence-corrected chi connectivity index (χ3v) is 1.88. The molecule has 0 aromatic rings. The van der Waals surface area contributed by atoms with Crippen molar-refractivity contribution in [3.63, 3.8) is 0 Å². The number of carbonyl (C=O) groups excluding carboxylic acids is 1. The van der Waals surface area contributed by atoms with Crippen molar-refractivity contribution in [3.8, 4) is 0 Å². The Morgan fingerprint density at radius 2 is 2.15 bits per heavy atom. The van der Waals surface area contributed by atoms with E-state index < -0.39 is 5.60 Å². The molecule has 0 aliphatic rings. The highest BCUT2D eigenvalue weighted by molar-refractivity contribution is 5.79. The minimum atomic E-state index is -0.855. The molecule has 0 amide bonds. The third-order valence-electron chi connectivity index (χ3n) is 1.88. The maximum absolute atomic E-state index is 10.9. The largest absolute Gasteiger partial charge is 0.386 e. The van der Waals surface area contributed by atoms with Crippen LogP contribution in [0.25, 0.3) is 0 Å². The second-order valence-electron chi connectivity index (χ2n) is 3.33.